The first-order chi connectivity index (χ1) is 27.3. The van der Waals surface area contributed by atoms with Crippen molar-refractivity contribution >= 4 is 28.0 Å². The molecule has 3 aromatic carbocycles. The number of nitro benzene ring substituents is 1. The van der Waals surface area contributed by atoms with Gasteiger partial charge in [-0.15, -0.1) is 0 Å². The number of benzene rings is 3. The Kier molecular flexibility index (Phi) is 13.7. The van der Waals surface area contributed by atoms with E-state index in [2.05, 4.69) is 5.32 Å². The first-order valence-corrected chi connectivity index (χ1v) is 19.9. The van der Waals surface area contributed by atoms with E-state index < -0.39 is 51.7 Å². The molecule has 2 saturated heterocycles. The van der Waals surface area contributed by atoms with Crippen molar-refractivity contribution in [1.82, 2.24) is 9.62 Å². The summed E-state index contributed by atoms with van der Waals surface area (Å²) in [5.41, 5.74) is 0.561. The zero-order chi connectivity index (χ0) is 40.5. The molecule has 3 heterocycles. The third-order valence-corrected chi connectivity index (χ3v) is 11.2. The van der Waals surface area contributed by atoms with Gasteiger partial charge in [-0.2, -0.15) is 4.31 Å². The van der Waals surface area contributed by atoms with Crippen molar-refractivity contribution in [2.45, 2.75) is 62.5 Å². The average molecular weight is 816 g/mol. The molecule has 5 atom stereocenters. The molecule has 0 aromatic heterocycles. The normalized spacial score (nSPS) is 19.5. The van der Waals surface area contributed by atoms with Gasteiger partial charge in [0.15, 0.2) is 17.8 Å². The van der Waals surface area contributed by atoms with Crippen LogP contribution in [0.5, 0.6) is 23.0 Å². The summed E-state index contributed by atoms with van der Waals surface area (Å²) < 4.78 is 72.6. The minimum absolute atomic E-state index is 0.00907. The fraction of sp³-hybridized carbons (Fsp3) is 0.474. The molecule has 0 saturated carbocycles. The van der Waals surface area contributed by atoms with E-state index in [4.69, 9.17) is 37.9 Å². The molecule has 0 aliphatic carbocycles. The van der Waals surface area contributed by atoms with Crippen molar-refractivity contribution in [2.24, 2.45) is 11.8 Å². The van der Waals surface area contributed by atoms with Crippen molar-refractivity contribution in [2.75, 3.05) is 46.3 Å². The van der Waals surface area contributed by atoms with Gasteiger partial charge in [0.05, 0.1) is 54.3 Å². The number of fused-ring (bicyclic) bond motifs is 2. The number of nitro groups is 1. The van der Waals surface area contributed by atoms with E-state index >= 15 is 0 Å². The maximum Gasteiger partial charge on any atom is 0.513 e. The van der Waals surface area contributed by atoms with Crippen LogP contribution in [-0.2, 0) is 35.4 Å². The highest BCUT2D eigenvalue weighted by Gasteiger charge is 2.44. The predicted octanol–water partition coefficient (Wildman–Crippen LogP) is 4.41. The topological polar surface area (TPSA) is 221 Å². The molecule has 57 heavy (non-hydrogen) atoms. The second-order valence-corrected chi connectivity index (χ2v) is 16.0. The third kappa shape index (κ3) is 11.0. The molecule has 3 aliphatic heterocycles. The largest absolute Gasteiger partial charge is 0.513 e. The number of hydrogen-bond donors (Lipinski definition) is 2. The average Bonchev–Trinajstić information content (AvgIpc) is 3.94. The van der Waals surface area contributed by atoms with E-state index in [0.717, 1.165) is 0 Å². The number of sulfonamides is 1. The molecule has 6 rings (SSSR count). The fourth-order valence-electron chi connectivity index (χ4n) is 6.50. The highest BCUT2D eigenvalue weighted by molar-refractivity contribution is 7.89. The number of ether oxygens (including phenoxy) is 8. The van der Waals surface area contributed by atoms with Crippen molar-refractivity contribution in [3.8, 4) is 23.0 Å². The molecule has 19 heteroatoms. The molecule has 0 bridgehead atoms. The van der Waals surface area contributed by atoms with E-state index in [1.165, 1.54) is 46.8 Å². The Labute approximate surface area is 329 Å². The van der Waals surface area contributed by atoms with Crippen molar-refractivity contribution in [3.05, 3.63) is 82.4 Å². The molecule has 0 radical (unpaired) electrons. The quantitative estimate of drug-likeness (QED) is 0.0597. The molecule has 2 fully saturated rings. The number of carbonyl (C=O) groups is 2. The van der Waals surface area contributed by atoms with Gasteiger partial charge in [-0.05, 0) is 60.7 Å². The molecule has 2 N–H and O–H groups in total. The number of amides is 1. The number of aliphatic hydroxyl groups is 1. The minimum Gasteiger partial charge on any atom is -0.493 e. The van der Waals surface area contributed by atoms with Crippen LogP contribution < -0.4 is 24.3 Å². The summed E-state index contributed by atoms with van der Waals surface area (Å²) in [6.45, 7) is 4.31. The van der Waals surface area contributed by atoms with Crippen molar-refractivity contribution in [1.29, 1.82) is 0 Å². The Morgan fingerprint density at radius 2 is 1.72 bits per heavy atom. The Morgan fingerprint density at radius 1 is 0.982 bits per heavy atom. The summed E-state index contributed by atoms with van der Waals surface area (Å²) in [4.78, 5) is 35.5. The van der Waals surface area contributed by atoms with Crippen molar-refractivity contribution < 1.29 is 65.9 Å². The summed E-state index contributed by atoms with van der Waals surface area (Å²) in [6, 6.07) is 15.3. The first kappa shape index (κ1) is 41.4. The van der Waals surface area contributed by atoms with Crippen LogP contribution in [0.1, 0.15) is 32.3 Å². The van der Waals surface area contributed by atoms with Gasteiger partial charge in [0.1, 0.15) is 17.6 Å². The molecule has 3 aliphatic rings. The maximum atomic E-state index is 14.0. The molecule has 18 nitrogen and oxygen atoms in total. The molecule has 5 unspecified atom stereocenters. The monoisotopic (exact) mass is 815 g/mol. The van der Waals surface area contributed by atoms with Crippen LogP contribution in [-0.4, -0.2) is 106 Å². The minimum atomic E-state index is -4.13. The van der Waals surface area contributed by atoms with Gasteiger partial charge < -0.3 is 48.3 Å². The molecule has 3 aromatic rings. The smallest absolute Gasteiger partial charge is 0.493 e. The van der Waals surface area contributed by atoms with Gasteiger partial charge in [0.2, 0.25) is 16.8 Å². The zero-order valence-corrected chi connectivity index (χ0v) is 32.2. The molecule has 0 spiro atoms. The van der Waals surface area contributed by atoms with Crippen LogP contribution in [0.2, 0.25) is 0 Å². The Hall–Kier alpha value is -5.21. The number of nitrogens with one attached hydrogen (secondary N) is 1. The van der Waals surface area contributed by atoms with Crippen LogP contribution >= 0.6 is 0 Å². The Balaban J connectivity index is 1.06. The lowest BCUT2D eigenvalue weighted by atomic mass is 10.0. The van der Waals surface area contributed by atoms with Gasteiger partial charge in [-0.3, -0.25) is 10.1 Å². The van der Waals surface area contributed by atoms with Crippen molar-refractivity contribution in [3.63, 3.8) is 0 Å². The highest BCUT2D eigenvalue weighted by atomic mass is 32.2. The summed E-state index contributed by atoms with van der Waals surface area (Å²) in [5, 5.41) is 25.3. The highest BCUT2D eigenvalue weighted by Crippen LogP contribution is 2.35. The van der Waals surface area contributed by atoms with E-state index in [1.54, 1.807) is 24.3 Å². The van der Waals surface area contributed by atoms with E-state index in [9.17, 15) is 33.2 Å². The summed E-state index contributed by atoms with van der Waals surface area (Å²) in [5.74, 6) is 1.13. The number of carbonyl (C=O) groups excluding carboxylic acids is 2. The van der Waals surface area contributed by atoms with Gasteiger partial charge in [0, 0.05) is 37.7 Å². The fourth-order valence-corrected chi connectivity index (χ4v) is 8.13. The van der Waals surface area contributed by atoms with Gasteiger partial charge in [-0.25, -0.2) is 18.0 Å². The second-order valence-electron chi connectivity index (χ2n) is 14.0. The molecular weight excluding hydrogens is 770 g/mol. The van der Waals surface area contributed by atoms with Gasteiger partial charge in [-0.1, -0.05) is 26.0 Å². The van der Waals surface area contributed by atoms with Crippen LogP contribution in [0.25, 0.3) is 0 Å². The molecule has 308 valence electrons. The standard InChI is InChI=1S/C38H45N3O15S/c1-24(2)20-40(57(47,48)29-12-13-33-34(19-29)54-23-53-33)21-32(42)31(39-37(43)56-35-22-52-36-30(35)14-17-50-36)18-25-4-8-27(9-5-25)49-15-3-16-51-38(44)55-28-10-6-26(7-11-28)41(45)46/h4-13,19,24,30-32,35-36,42H,3,14-18,20-23H2,1-2H3,(H,39,43). The van der Waals surface area contributed by atoms with Gasteiger partial charge in [0.25, 0.3) is 5.69 Å². The number of nitrogens with zero attached hydrogens (tertiary/aromatic N) is 2. The number of rotatable bonds is 18. The number of non-ortho nitro benzene ring substituents is 1. The van der Waals surface area contributed by atoms with E-state index in [1.807, 2.05) is 13.8 Å². The zero-order valence-electron chi connectivity index (χ0n) is 31.4. The molecular formula is C38H45N3O15S. The van der Waals surface area contributed by atoms with Crippen LogP contribution in [0.4, 0.5) is 15.3 Å². The summed E-state index contributed by atoms with van der Waals surface area (Å²) >= 11 is 0. The lowest BCUT2D eigenvalue weighted by molar-refractivity contribution is -0.384. The van der Waals surface area contributed by atoms with Crippen LogP contribution in [0, 0.1) is 22.0 Å². The van der Waals surface area contributed by atoms with E-state index in [-0.39, 0.29) is 74.3 Å². The number of alkyl carbamates (subject to hydrolysis) is 1. The lowest BCUT2D eigenvalue weighted by Gasteiger charge is -2.31. The summed E-state index contributed by atoms with van der Waals surface area (Å²) in [6.07, 6.45) is -2.98. The Bertz CT molecular complexity index is 1960. The maximum absolute atomic E-state index is 14.0. The van der Waals surface area contributed by atoms with E-state index in [0.29, 0.717) is 42.3 Å². The molecule has 1 amide bonds. The second kappa shape index (κ2) is 18.8. The van der Waals surface area contributed by atoms with Gasteiger partial charge >= 0.3 is 12.2 Å². The SMILES string of the molecule is CC(C)CN(CC(O)C(Cc1ccc(OCCCOC(=O)Oc2ccc([N+](=O)[O-])cc2)cc1)NC(=O)OC1COC2OCCC12)S(=O)(=O)c1ccc2c(c1)OCO2. The first-order valence-electron chi connectivity index (χ1n) is 18.4. The number of aliphatic hydroxyl groups excluding tert-OH is 1. The van der Waals surface area contributed by atoms with Crippen LogP contribution in [0.3, 0.4) is 0 Å². The summed E-state index contributed by atoms with van der Waals surface area (Å²) in [7, 11) is -4.13. The third-order valence-electron chi connectivity index (χ3n) is 9.36. The number of hydrogen-bond acceptors (Lipinski definition) is 15. The lowest BCUT2D eigenvalue weighted by Crippen LogP contribution is -2.51. The Morgan fingerprint density at radius 3 is 2.46 bits per heavy atom. The predicted molar refractivity (Wildman–Crippen MR) is 198 cm³/mol. The van der Waals surface area contributed by atoms with Crippen LogP contribution in [0.15, 0.2) is 71.6 Å².